The summed E-state index contributed by atoms with van der Waals surface area (Å²) >= 11 is 5.38. The Morgan fingerprint density at radius 1 is 1.10 bits per heavy atom. The average Bonchev–Trinajstić information content (AvgIpc) is 2.76. The third-order valence-electron chi connectivity index (χ3n) is 3.47. The molecule has 0 fully saturated rings. The molecule has 1 aromatic heterocycles. The van der Waals surface area contributed by atoms with E-state index in [-0.39, 0.29) is 5.82 Å². The molecular weight excluding hydrogens is 271 g/mol. The predicted octanol–water partition coefficient (Wildman–Crippen LogP) is 4.95. The maximum atomic E-state index is 13.9. The summed E-state index contributed by atoms with van der Waals surface area (Å²) in [6.07, 6.45) is 0. The van der Waals surface area contributed by atoms with Gasteiger partial charge in [-0.3, -0.25) is 4.57 Å². The van der Waals surface area contributed by atoms with Gasteiger partial charge in [-0.2, -0.15) is 0 Å². The molecule has 0 saturated carbocycles. The van der Waals surface area contributed by atoms with Crippen LogP contribution in [0.2, 0.25) is 0 Å². The Kier molecular flexibility index (Phi) is 3.18. The smallest absolute Gasteiger partial charge is 0.182 e. The van der Waals surface area contributed by atoms with E-state index in [0.717, 1.165) is 11.2 Å². The first-order valence-corrected chi connectivity index (χ1v) is 6.99. The first-order valence-electron chi connectivity index (χ1n) is 6.58. The summed E-state index contributed by atoms with van der Waals surface area (Å²) in [6, 6.07) is 13.1. The van der Waals surface area contributed by atoms with E-state index in [9.17, 15) is 4.39 Å². The topological polar surface area (TPSA) is 20.7 Å². The number of rotatable bonds is 2. The molecule has 102 valence electrons. The van der Waals surface area contributed by atoms with E-state index in [0.29, 0.717) is 16.2 Å². The summed E-state index contributed by atoms with van der Waals surface area (Å²) in [5.74, 6) is 0.0842. The van der Waals surface area contributed by atoms with Crippen LogP contribution in [0.1, 0.15) is 25.3 Å². The number of hydrogen-bond donors (Lipinski definition) is 1. The Balaban J connectivity index is 2.39. The summed E-state index contributed by atoms with van der Waals surface area (Å²) < 4.78 is 16.3. The molecule has 3 rings (SSSR count). The number of nitrogens with zero attached hydrogens (tertiary/aromatic N) is 1. The van der Waals surface area contributed by atoms with Crippen LogP contribution >= 0.6 is 12.2 Å². The predicted molar refractivity (Wildman–Crippen MR) is 82.5 cm³/mol. The Hall–Kier alpha value is -1.94. The van der Waals surface area contributed by atoms with Crippen molar-refractivity contribution in [2.45, 2.75) is 19.8 Å². The first-order chi connectivity index (χ1) is 9.59. The fraction of sp³-hybridized carbons (Fsp3) is 0.188. The SMILES string of the molecule is CC(C)c1ccccc1-n1c(=S)[nH]c2c(F)cccc21. The van der Waals surface area contributed by atoms with Crippen molar-refractivity contribution < 1.29 is 4.39 Å². The number of imidazole rings is 1. The number of hydrogen-bond acceptors (Lipinski definition) is 1. The van der Waals surface area contributed by atoms with Gasteiger partial charge in [-0.25, -0.2) is 4.39 Å². The largest absolute Gasteiger partial charge is 0.328 e. The van der Waals surface area contributed by atoms with Crippen molar-refractivity contribution in [3.8, 4) is 5.69 Å². The monoisotopic (exact) mass is 286 g/mol. The molecule has 0 aliphatic rings. The highest BCUT2D eigenvalue weighted by Gasteiger charge is 2.13. The fourth-order valence-corrected chi connectivity index (χ4v) is 2.81. The van der Waals surface area contributed by atoms with Crippen LogP contribution in [0.3, 0.4) is 0 Å². The van der Waals surface area contributed by atoms with Crippen molar-refractivity contribution in [2.75, 3.05) is 0 Å². The molecular formula is C16H15FN2S. The molecule has 1 heterocycles. The van der Waals surface area contributed by atoms with Gasteiger partial charge >= 0.3 is 0 Å². The summed E-state index contributed by atoms with van der Waals surface area (Å²) in [5, 5.41) is 0. The van der Waals surface area contributed by atoms with Crippen LogP contribution in [-0.2, 0) is 0 Å². The normalized spacial score (nSPS) is 11.4. The lowest BCUT2D eigenvalue weighted by molar-refractivity contribution is 0.637. The van der Waals surface area contributed by atoms with Gasteiger partial charge in [0, 0.05) is 0 Å². The second-order valence-corrected chi connectivity index (χ2v) is 5.50. The third kappa shape index (κ3) is 1.96. The minimum Gasteiger partial charge on any atom is -0.328 e. The summed E-state index contributed by atoms with van der Waals surface area (Å²) in [4.78, 5) is 2.96. The molecule has 0 radical (unpaired) electrons. The molecule has 0 spiro atoms. The number of para-hydroxylation sites is 2. The Morgan fingerprint density at radius 2 is 1.85 bits per heavy atom. The van der Waals surface area contributed by atoms with Gasteiger partial charge in [-0.1, -0.05) is 38.1 Å². The van der Waals surface area contributed by atoms with E-state index in [2.05, 4.69) is 24.9 Å². The van der Waals surface area contributed by atoms with Crippen LogP contribution in [0.4, 0.5) is 4.39 Å². The van der Waals surface area contributed by atoms with Crippen LogP contribution in [0.15, 0.2) is 42.5 Å². The lowest BCUT2D eigenvalue weighted by Crippen LogP contribution is -2.01. The first kappa shape index (κ1) is 13.1. The van der Waals surface area contributed by atoms with Crippen LogP contribution in [0.5, 0.6) is 0 Å². The van der Waals surface area contributed by atoms with Crippen LogP contribution in [-0.4, -0.2) is 9.55 Å². The summed E-state index contributed by atoms with van der Waals surface area (Å²) in [7, 11) is 0. The summed E-state index contributed by atoms with van der Waals surface area (Å²) in [6.45, 7) is 4.27. The van der Waals surface area contributed by atoms with Gasteiger partial charge in [-0.15, -0.1) is 0 Å². The van der Waals surface area contributed by atoms with Crippen molar-refractivity contribution in [3.05, 3.63) is 58.6 Å². The molecule has 0 saturated heterocycles. The van der Waals surface area contributed by atoms with Gasteiger partial charge in [-0.05, 0) is 41.9 Å². The fourth-order valence-electron chi connectivity index (χ4n) is 2.51. The zero-order chi connectivity index (χ0) is 14.3. The molecule has 2 nitrogen and oxygen atoms in total. The van der Waals surface area contributed by atoms with E-state index >= 15 is 0 Å². The molecule has 3 aromatic rings. The van der Waals surface area contributed by atoms with E-state index < -0.39 is 0 Å². The number of aromatic amines is 1. The lowest BCUT2D eigenvalue weighted by atomic mass is 10.0. The van der Waals surface area contributed by atoms with Crippen molar-refractivity contribution >= 4 is 23.3 Å². The minimum atomic E-state index is -0.283. The van der Waals surface area contributed by atoms with Crippen LogP contribution in [0.25, 0.3) is 16.7 Å². The van der Waals surface area contributed by atoms with Crippen molar-refractivity contribution in [3.63, 3.8) is 0 Å². The molecule has 4 heteroatoms. The average molecular weight is 286 g/mol. The number of nitrogens with one attached hydrogen (secondary N) is 1. The molecule has 0 atom stereocenters. The molecule has 0 unspecified atom stereocenters. The molecule has 0 amide bonds. The molecule has 1 N–H and O–H groups in total. The maximum absolute atomic E-state index is 13.9. The van der Waals surface area contributed by atoms with Gasteiger partial charge in [0.05, 0.1) is 11.2 Å². The minimum absolute atomic E-state index is 0.283. The van der Waals surface area contributed by atoms with Crippen molar-refractivity contribution in [1.29, 1.82) is 0 Å². The van der Waals surface area contributed by atoms with Crippen molar-refractivity contribution in [2.24, 2.45) is 0 Å². The standard InChI is InChI=1S/C16H15FN2S/c1-10(2)11-6-3-4-8-13(11)19-14-9-5-7-12(17)15(14)18-16(19)20/h3-10H,1-2H3,(H,18,20). The quantitative estimate of drug-likeness (QED) is 0.661. The second-order valence-electron chi connectivity index (χ2n) is 5.11. The third-order valence-corrected chi connectivity index (χ3v) is 3.75. The second kappa shape index (κ2) is 4.87. The van der Waals surface area contributed by atoms with Gasteiger partial charge < -0.3 is 4.98 Å². The molecule has 0 aliphatic heterocycles. The van der Waals surface area contributed by atoms with Gasteiger partial charge in [0.1, 0.15) is 11.3 Å². The Labute approximate surface area is 121 Å². The van der Waals surface area contributed by atoms with E-state index in [1.807, 2.05) is 28.8 Å². The molecule has 2 aromatic carbocycles. The number of H-pyrrole nitrogens is 1. The van der Waals surface area contributed by atoms with Crippen molar-refractivity contribution in [1.82, 2.24) is 9.55 Å². The number of fused-ring (bicyclic) bond motifs is 1. The summed E-state index contributed by atoms with van der Waals surface area (Å²) in [5.41, 5.74) is 3.41. The zero-order valence-corrected chi connectivity index (χ0v) is 12.2. The van der Waals surface area contributed by atoms with E-state index in [1.165, 1.54) is 11.6 Å². The highest BCUT2D eigenvalue weighted by Crippen LogP contribution is 2.27. The maximum Gasteiger partial charge on any atom is 0.182 e. The van der Waals surface area contributed by atoms with E-state index in [1.54, 1.807) is 6.07 Å². The van der Waals surface area contributed by atoms with Crippen LogP contribution in [0, 0.1) is 10.6 Å². The van der Waals surface area contributed by atoms with Gasteiger partial charge in [0.2, 0.25) is 0 Å². The highest BCUT2D eigenvalue weighted by molar-refractivity contribution is 7.71. The van der Waals surface area contributed by atoms with Gasteiger partial charge in [0.25, 0.3) is 0 Å². The van der Waals surface area contributed by atoms with Gasteiger partial charge in [0.15, 0.2) is 4.77 Å². The number of halogens is 1. The Morgan fingerprint density at radius 3 is 2.60 bits per heavy atom. The molecule has 0 bridgehead atoms. The zero-order valence-electron chi connectivity index (χ0n) is 11.4. The lowest BCUT2D eigenvalue weighted by Gasteiger charge is -2.14. The molecule has 0 aliphatic carbocycles. The highest BCUT2D eigenvalue weighted by atomic mass is 32.1. The number of aromatic nitrogens is 2. The Bertz CT molecular complexity index is 830. The van der Waals surface area contributed by atoms with E-state index in [4.69, 9.17) is 12.2 Å². The number of benzene rings is 2. The van der Waals surface area contributed by atoms with Crippen LogP contribution < -0.4 is 0 Å². The molecule has 20 heavy (non-hydrogen) atoms.